The van der Waals surface area contributed by atoms with Crippen LogP contribution in [-0.2, 0) is 0 Å². The summed E-state index contributed by atoms with van der Waals surface area (Å²) in [5, 5.41) is 19.0. The number of nitrogens with two attached hydrogens (primary N) is 1. The van der Waals surface area contributed by atoms with E-state index in [2.05, 4.69) is 11.1 Å². The number of phenols is 1. The first kappa shape index (κ1) is 14.6. The highest BCUT2D eigenvalue weighted by Gasteiger charge is 2.18. The maximum absolute atomic E-state index is 9.48. The summed E-state index contributed by atoms with van der Waals surface area (Å²) in [4.78, 5) is 4.42. The lowest BCUT2D eigenvalue weighted by molar-refractivity contribution is 0.475. The number of rotatable bonds is 2. The molecular formula is C19H15N3O. The fourth-order valence-corrected chi connectivity index (χ4v) is 2.67. The minimum Gasteiger partial charge on any atom is -0.508 e. The predicted octanol–water partition coefficient (Wildman–Crippen LogP) is 3.88. The summed E-state index contributed by atoms with van der Waals surface area (Å²) in [5.74, 6) is 0.384. The van der Waals surface area contributed by atoms with Crippen LogP contribution in [0.4, 0.5) is 5.82 Å². The van der Waals surface area contributed by atoms with Gasteiger partial charge in [-0.1, -0.05) is 42.5 Å². The van der Waals surface area contributed by atoms with Crippen molar-refractivity contribution in [3.63, 3.8) is 0 Å². The number of phenolic OH excluding ortho intramolecular Hbond substituents is 1. The fraction of sp³-hybridized carbons (Fsp3) is 0.0526. The third-order valence-electron chi connectivity index (χ3n) is 3.78. The number of nitrogen functional groups attached to an aromatic ring is 1. The summed E-state index contributed by atoms with van der Waals surface area (Å²) in [6.07, 6.45) is 0. The molecule has 3 rings (SSSR count). The average Bonchev–Trinajstić information content (AvgIpc) is 2.58. The molecule has 4 nitrogen and oxygen atoms in total. The monoisotopic (exact) mass is 301 g/mol. The second kappa shape index (κ2) is 5.82. The molecule has 0 radical (unpaired) electrons. The molecule has 1 aromatic heterocycles. The van der Waals surface area contributed by atoms with Crippen molar-refractivity contribution >= 4 is 5.82 Å². The van der Waals surface area contributed by atoms with E-state index in [1.165, 1.54) is 0 Å². The Bertz CT molecular complexity index is 895. The van der Waals surface area contributed by atoms with E-state index in [9.17, 15) is 10.4 Å². The summed E-state index contributed by atoms with van der Waals surface area (Å²) in [7, 11) is 0. The van der Waals surface area contributed by atoms with E-state index in [0.29, 0.717) is 5.56 Å². The second-order valence-electron chi connectivity index (χ2n) is 5.25. The minimum atomic E-state index is 0.176. The maximum atomic E-state index is 9.48. The number of anilines is 1. The van der Waals surface area contributed by atoms with E-state index >= 15 is 0 Å². The zero-order valence-corrected chi connectivity index (χ0v) is 12.6. The second-order valence-corrected chi connectivity index (χ2v) is 5.25. The Hall–Kier alpha value is -3.32. The zero-order valence-electron chi connectivity index (χ0n) is 12.6. The van der Waals surface area contributed by atoms with Gasteiger partial charge in [-0.2, -0.15) is 5.26 Å². The summed E-state index contributed by atoms with van der Waals surface area (Å²) in [6.45, 7) is 1.93. The largest absolute Gasteiger partial charge is 0.508 e. The molecule has 0 atom stereocenters. The molecule has 4 heteroatoms. The van der Waals surface area contributed by atoms with Gasteiger partial charge in [-0.25, -0.2) is 4.98 Å². The van der Waals surface area contributed by atoms with Crippen molar-refractivity contribution in [1.29, 1.82) is 5.26 Å². The summed E-state index contributed by atoms with van der Waals surface area (Å²) >= 11 is 0. The number of nitrogens with zero attached hydrogens (tertiary/aromatic N) is 2. The van der Waals surface area contributed by atoms with Crippen molar-refractivity contribution < 1.29 is 5.11 Å². The van der Waals surface area contributed by atoms with Crippen LogP contribution in [0.15, 0.2) is 54.6 Å². The predicted molar refractivity (Wildman–Crippen MR) is 90.6 cm³/mol. The van der Waals surface area contributed by atoms with Crippen LogP contribution >= 0.6 is 0 Å². The van der Waals surface area contributed by atoms with Crippen molar-refractivity contribution in [1.82, 2.24) is 4.98 Å². The molecule has 0 spiro atoms. The Morgan fingerprint density at radius 1 is 1.00 bits per heavy atom. The van der Waals surface area contributed by atoms with Crippen LogP contribution in [0.2, 0.25) is 0 Å². The Morgan fingerprint density at radius 3 is 2.26 bits per heavy atom. The number of aromatic hydroxyl groups is 1. The van der Waals surface area contributed by atoms with Crippen LogP contribution in [-0.4, -0.2) is 10.1 Å². The van der Waals surface area contributed by atoms with Crippen LogP contribution in [0.5, 0.6) is 5.75 Å². The quantitative estimate of drug-likeness (QED) is 0.752. The van der Waals surface area contributed by atoms with E-state index in [1.807, 2.05) is 37.3 Å². The molecule has 3 aromatic rings. The Morgan fingerprint density at radius 2 is 1.65 bits per heavy atom. The van der Waals surface area contributed by atoms with Crippen molar-refractivity contribution in [3.8, 4) is 34.2 Å². The summed E-state index contributed by atoms with van der Waals surface area (Å²) in [5.41, 5.74) is 10.5. The number of aromatic nitrogens is 1. The lowest BCUT2D eigenvalue weighted by atomic mass is 9.93. The number of hydrogen-bond acceptors (Lipinski definition) is 4. The maximum Gasteiger partial charge on any atom is 0.142 e. The van der Waals surface area contributed by atoms with Crippen LogP contribution in [0.3, 0.4) is 0 Å². The molecule has 23 heavy (non-hydrogen) atoms. The summed E-state index contributed by atoms with van der Waals surface area (Å²) < 4.78 is 0. The molecule has 0 unspecified atom stereocenters. The van der Waals surface area contributed by atoms with Crippen LogP contribution < -0.4 is 5.73 Å². The third kappa shape index (κ3) is 2.60. The molecule has 1 heterocycles. The topological polar surface area (TPSA) is 82.9 Å². The normalized spacial score (nSPS) is 10.3. The van der Waals surface area contributed by atoms with Crippen LogP contribution in [0.25, 0.3) is 22.4 Å². The zero-order chi connectivity index (χ0) is 16.4. The summed E-state index contributed by atoms with van der Waals surface area (Å²) in [6, 6.07) is 18.6. The van der Waals surface area contributed by atoms with Crippen molar-refractivity contribution in [3.05, 3.63) is 65.7 Å². The number of hydrogen-bond donors (Lipinski definition) is 2. The van der Waals surface area contributed by atoms with E-state index in [1.54, 1.807) is 24.3 Å². The van der Waals surface area contributed by atoms with Gasteiger partial charge in [0.05, 0.1) is 5.69 Å². The molecular weight excluding hydrogens is 286 g/mol. The number of nitriles is 1. The number of pyridine rings is 1. The minimum absolute atomic E-state index is 0.176. The smallest absolute Gasteiger partial charge is 0.142 e. The van der Waals surface area contributed by atoms with Crippen LogP contribution in [0.1, 0.15) is 11.1 Å². The molecule has 0 amide bonds. The lowest BCUT2D eigenvalue weighted by Crippen LogP contribution is -2.03. The molecule has 0 fully saturated rings. The van der Waals surface area contributed by atoms with E-state index < -0.39 is 0 Å². The highest BCUT2D eigenvalue weighted by Crippen LogP contribution is 2.36. The molecule has 0 bridgehead atoms. The fourth-order valence-electron chi connectivity index (χ4n) is 2.67. The van der Waals surface area contributed by atoms with Gasteiger partial charge in [0.1, 0.15) is 23.2 Å². The Balaban J connectivity index is 2.32. The number of benzene rings is 2. The van der Waals surface area contributed by atoms with Gasteiger partial charge in [0.2, 0.25) is 0 Å². The van der Waals surface area contributed by atoms with E-state index in [4.69, 9.17) is 5.73 Å². The van der Waals surface area contributed by atoms with Gasteiger partial charge < -0.3 is 10.8 Å². The van der Waals surface area contributed by atoms with Gasteiger partial charge in [-0.05, 0) is 30.2 Å². The highest BCUT2D eigenvalue weighted by atomic mass is 16.3. The third-order valence-corrected chi connectivity index (χ3v) is 3.78. The van der Waals surface area contributed by atoms with Gasteiger partial charge in [0, 0.05) is 11.1 Å². The molecule has 0 aliphatic rings. The molecule has 0 saturated carbocycles. The van der Waals surface area contributed by atoms with Gasteiger partial charge in [0.15, 0.2) is 0 Å². The van der Waals surface area contributed by atoms with Crippen molar-refractivity contribution in [2.45, 2.75) is 6.92 Å². The SMILES string of the molecule is Cc1c(-c2ccccc2)nc(N)c(C#N)c1-c1ccc(O)cc1. The van der Waals surface area contributed by atoms with Crippen molar-refractivity contribution in [2.75, 3.05) is 5.73 Å². The van der Waals surface area contributed by atoms with Gasteiger partial charge >= 0.3 is 0 Å². The van der Waals surface area contributed by atoms with Gasteiger partial charge in [-0.15, -0.1) is 0 Å². The standard InChI is InChI=1S/C19H15N3O/c1-12-17(13-7-9-15(23)10-8-13)16(11-20)19(21)22-18(12)14-5-3-2-4-6-14/h2-10,23H,1H3,(H2,21,22). The first-order chi connectivity index (χ1) is 11.1. The molecule has 2 aromatic carbocycles. The van der Waals surface area contributed by atoms with Crippen molar-refractivity contribution in [2.24, 2.45) is 0 Å². The van der Waals surface area contributed by atoms with Gasteiger partial charge in [0.25, 0.3) is 0 Å². The molecule has 0 saturated heterocycles. The molecule has 3 N–H and O–H groups in total. The lowest BCUT2D eigenvalue weighted by Gasteiger charge is -2.15. The highest BCUT2D eigenvalue weighted by molar-refractivity contribution is 5.84. The van der Waals surface area contributed by atoms with E-state index in [0.717, 1.165) is 27.9 Å². The Kier molecular flexibility index (Phi) is 3.70. The molecule has 0 aliphatic carbocycles. The van der Waals surface area contributed by atoms with Crippen LogP contribution in [0, 0.1) is 18.3 Å². The first-order valence-corrected chi connectivity index (χ1v) is 7.17. The molecule has 0 aliphatic heterocycles. The average molecular weight is 301 g/mol. The van der Waals surface area contributed by atoms with E-state index in [-0.39, 0.29) is 11.6 Å². The molecule has 112 valence electrons. The first-order valence-electron chi connectivity index (χ1n) is 7.17. The Labute approximate surface area is 134 Å². The van der Waals surface area contributed by atoms with Gasteiger partial charge in [-0.3, -0.25) is 0 Å².